The minimum atomic E-state index is 0.478. The first-order valence-electron chi connectivity index (χ1n) is 8.38. The molecule has 3 atom stereocenters. The summed E-state index contributed by atoms with van der Waals surface area (Å²) >= 11 is 6.45. The average Bonchev–Trinajstić information content (AvgIpc) is 2.36. The molecule has 0 aromatic rings. The highest BCUT2D eigenvalue weighted by molar-refractivity contribution is 6.20. The van der Waals surface area contributed by atoms with Crippen molar-refractivity contribution in [3.05, 3.63) is 0 Å². The molecule has 18 heavy (non-hydrogen) atoms. The number of hydrogen-bond acceptors (Lipinski definition) is 0. The molecule has 0 aliphatic heterocycles. The van der Waals surface area contributed by atoms with Crippen LogP contribution in [-0.4, -0.2) is 5.38 Å². The molecule has 0 aromatic carbocycles. The highest BCUT2D eigenvalue weighted by Crippen LogP contribution is 2.35. The Balaban J connectivity index is 1.93. The Bertz CT molecular complexity index is 190. The van der Waals surface area contributed by atoms with Crippen LogP contribution in [0.1, 0.15) is 90.9 Å². The van der Waals surface area contributed by atoms with Gasteiger partial charge in [0.15, 0.2) is 0 Å². The van der Waals surface area contributed by atoms with Crippen LogP contribution in [-0.2, 0) is 0 Å². The molecule has 0 aromatic heterocycles. The molecule has 1 saturated carbocycles. The van der Waals surface area contributed by atoms with Crippen LogP contribution in [0.3, 0.4) is 0 Å². The molecule has 0 heterocycles. The monoisotopic (exact) mass is 272 g/mol. The van der Waals surface area contributed by atoms with Crippen molar-refractivity contribution in [1.29, 1.82) is 0 Å². The Kier molecular flexibility index (Phi) is 9.19. The lowest BCUT2D eigenvalue weighted by Crippen LogP contribution is -2.24. The Morgan fingerprint density at radius 1 is 0.889 bits per heavy atom. The van der Waals surface area contributed by atoms with Gasteiger partial charge in [-0.2, -0.15) is 0 Å². The van der Waals surface area contributed by atoms with Gasteiger partial charge in [-0.05, 0) is 37.5 Å². The van der Waals surface area contributed by atoms with Crippen molar-refractivity contribution in [3.63, 3.8) is 0 Å². The first kappa shape index (κ1) is 16.3. The van der Waals surface area contributed by atoms with Crippen LogP contribution in [0.4, 0.5) is 0 Å². The lowest BCUT2D eigenvalue weighted by atomic mass is 9.79. The minimum absolute atomic E-state index is 0.478. The van der Waals surface area contributed by atoms with Crippen molar-refractivity contribution >= 4 is 11.6 Å². The fourth-order valence-electron chi connectivity index (χ4n) is 3.30. The van der Waals surface area contributed by atoms with Crippen LogP contribution < -0.4 is 0 Å². The van der Waals surface area contributed by atoms with E-state index in [-0.39, 0.29) is 0 Å². The van der Waals surface area contributed by atoms with Gasteiger partial charge >= 0.3 is 0 Å². The molecule has 0 saturated heterocycles. The van der Waals surface area contributed by atoms with Gasteiger partial charge in [0.05, 0.1) is 0 Å². The average molecular weight is 273 g/mol. The van der Waals surface area contributed by atoms with Crippen molar-refractivity contribution < 1.29 is 0 Å². The first-order chi connectivity index (χ1) is 8.74. The summed E-state index contributed by atoms with van der Waals surface area (Å²) in [6.45, 7) is 4.68. The fraction of sp³-hybridized carbons (Fsp3) is 1.00. The number of alkyl halides is 1. The largest absolute Gasteiger partial charge is 0.123 e. The molecule has 1 aliphatic carbocycles. The summed E-state index contributed by atoms with van der Waals surface area (Å²) in [6.07, 6.45) is 16.8. The Morgan fingerprint density at radius 3 is 2.17 bits per heavy atom. The predicted octanol–water partition coefficient (Wildman–Crippen LogP) is 6.56. The molecule has 0 N–H and O–H groups in total. The Labute approximate surface area is 120 Å². The molecular weight excluding hydrogens is 240 g/mol. The zero-order valence-corrected chi connectivity index (χ0v) is 13.4. The zero-order chi connectivity index (χ0) is 13.2. The molecule has 1 fully saturated rings. The van der Waals surface area contributed by atoms with Gasteiger partial charge in [0.25, 0.3) is 0 Å². The molecule has 108 valence electrons. The second kappa shape index (κ2) is 10.1. The predicted molar refractivity (Wildman–Crippen MR) is 83.4 cm³/mol. The summed E-state index contributed by atoms with van der Waals surface area (Å²) in [5, 5.41) is 0.478. The van der Waals surface area contributed by atoms with Crippen LogP contribution in [0.5, 0.6) is 0 Å². The van der Waals surface area contributed by atoms with Crippen LogP contribution in [0, 0.1) is 11.8 Å². The minimum Gasteiger partial charge on any atom is -0.123 e. The van der Waals surface area contributed by atoms with Crippen LogP contribution >= 0.6 is 11.6 Å². The maximum absolute atomic E-state index is 6.45. The van der Waals surface area contributed by atoms with Gasteiger partial charge in [0, 0.05) is 5.38 Å². The lowest BCUT2D eigenvalue weighted by molar-refractivity contribution is 0.269. The molecule has 0 bridgehead atoms. The molecule has 1 heteroatoms. The van der Waals surface area contributed by atoms with Crippen LogP contribution in [0.15, 0.2) is 0 Å². The lowest BCUT2D eigenvalue weighted by Gasteiger charge is -2.31. The summed E-state index contributed by atoms with van der Waals surface area (Å²) in [5.74, 6) is 1.73. The summed E-state index contributed by atoms with van der Waals surface area (Å²) in [4.78, 5) is 0. The fourth-order valence-corrected chi connectivity index (χ4v) is 3.66. The highest BCUT2D eigenvalue weighted by Gasteiger charge is 2.26. The van der Waals surface area contributed by atoms with E-state index in [0.717, 1.165) is 11.8 Å². The summed E-state index contributed by atoms with van der Waals surface area (Å²) < 4.78 is 0. The number of hydrogen-bond donors (Lipinski definition) is 0. The highest BCUT2D eigenvalue weighted by atomic mass is 35.5. The Morgan fingerprint density at radius 2 is 1.50 bits per heavy atom. The van der Waals surface area contributed by atoms with Gasteiger partial charge in [-0.25, -0.2) is 0 Å². The van der Waals surface area contributed by atoms with E-state index >= 15 is 0 Å². The van der Waals surface area contributed by atoms with E-state index < -0.39 is 0 Å². The summed E-state index contributed by atoms with van der Waals surface area (Å²) in [6, 6.07) is 0. The van der Waals surface area contributed by atoms with E-state index in [2.05, 4.69) is 13.8 Å². The second-order valence-electron chi connectivity index (χ2n) is 6.46. The van der Waals surface area contributed by atoms with Gasteiger partial charge in [0.2, 0.25) is 0 Å². The van der Waals surface area contributed by atoms with Crippen LogP contribution in [0.2, 0.25) is 0 Å². The number of unbranched alkanes of at least 4 members (excludes halogenated alkanes) is 7. The van der Waals surface area contributed by atoms with E-state index in [1.54, 1.807) is 0 Å². The molecular formula is C17H33Cl. The molecule has 3 unspecified atom stereocenters. The van der Waals surface area contributed by atoms with Crippen molar-refractivity contribution in [2.24, 2.45) is 11.8 Å². The molecule has 0 amide bonds. The van der Waals surface area contributed by atoms with E-state index in [1.165, 1.54) is 77.0 Å². The quantitative estimate of drug-likeness (QED) is 0.329. The third-order valence-electron chi connectivity index (χ3n) is 4.58. The number of rotatable bonds is 9. The standard InChI is InChI=1S/C17H33Cl/c1-3-4-5-6-7-8-9-10-11-16-14-15(2)12-13-17(16)18/h15-17H,3-14H2,1-2H3. The molecule has 0 nitrogen and oxygen atoms in total. The Hall–Kier alpha value is 0.290. The van der Waals surface area contributed by atoms with E-state index in [0.29, 0.717) is 5.38 Å². The third kappa shape index (κ3) is 7.02. The normalized spacial score (nSPS) is 28.5. The van der Waals surface area contributed by atoms with Gasteiger partial charge in [-0.15, -0.1) is 11.6 Å². The first-order valence-corrected chi connectivity index (χ1v) is 8.81. The van der Waals surface area contributed by atoms with Crippen molar-refractivity contribution in [1.82, 2.24) is 0 Å². The van der Waals surface area contributed by atoms with Gasteiger partial charge in [0.1, 0.15) is 0 Å². The van der Waals surface area contributed by atoms with Gasteiger partial charge in [-0.3, -0.25) is 0 Å². The van der Waals surface area contributed by atoms with E-state index in [1.807, 2.05) is 0 Å². The molecule has 0 spiro atoms. The van der Waals surface area contributed by atoms with Crippen molar-refractivity contribution in [2.45, 2.75) is 96.3 Å². The topological polar surface area (TPSA) is 0 Å². The van der Waals surface area contributed by atoms with E-state index in [9.17, 15) is 0 Å². The number of halogens is 1. The van der Waals surface area contributed by atoms with Crippen molar-refractivity contribution in [3.8, 4) is 0 Å². The summed E-state index contributed by atoms with van der Waals surface area (Å²) in [7, 11) is 0. The molecule has 1 aliphatic rings. The zero-order valence-electron chi connectivity index (χ0n) is 12.6. The molecule has 1 rings (SSSR count). The summed E-state index contributed by atoms with van der Waals surface area (Å²) in [5.41, 5.74) is 0. The van der Waals surface area contributed by atoms with Crippen molar-refractivity contribution in [2.75, 3.05) is 0 Å². The van der Waals surface area contributed by atoms with Gasteiger partial charge in [-0.1, -0.05) is 65.2 Å². The maximum Gasteiger partial charge on any atom is 0.0364 e. The third-order valence-corrected chi connectivity index (χ3v) is 5.15. The maximum atomic E-state index is 6.45. The molecule has 0 radical (unpaired) electrons. The second-order valence-corrected chi connectivity index (χ2v) is 7.02. The SMILES string of the molecule is CCCCCCCCCCC1CC(C)CCC1Cl. The van der Waals surface area contributed by atoms with Crippen LogP contribution in [0.25, 0.3) is 0 Å². The van der Waals surface area contributed by atoms with Gasteiger partial charge < -0.3 is 0 Å². The van der Waals surface area contributed by atoms with E-state index in [4.69, 9.17) is 11.6 Å². The smallest absolute Gasteiger partial charge is 0.0364 e.